The summed E-state index contributed by atoms with van der Waals surface area (Å²) < 4.78 is 25.1. The minimum absolute atomic E-state index is 0.0302. The first-order valence-corrected chi connectivity index (χ1v) is 10.3. The third kappa shape index (κ3) is 4.43. The fourth-order valence-electron chi connectivity index (χ4n) is 3.13. The molecule has 0 atom stereocenters. The number of carbonyl (C=O) groups excluding carboxylic acids is 1. The van der Waals surface area contributed by atoms with E-state index in [1.165, 1.54) is 37.6 Å². The number of hydrogen-bond donors (Lipinski definition) is 1. The van der Waals surface area contributed by atoms with Gasteiger partial charge in [-0.3, -0.25) is 0 Å². The van der Waals surface area contributed by atoms with Gasteiger partial charge >= 0.3 is 5.97 Å². The third-order valence-corrected chi connectivity index (χ3v) is 5.63. The molecule has 0 radical (unpaired) electrons. The van der Waals surface area contributed by atoms with Crippen LogP contribution < -0.4 is 10.5 Å². The summed E-state index contributed by atoms with van der Waals surface area (Å²) in [6, 6.07) is 10.7. The molecule has 0 bridgehead atoms. The number of methoxy groups -OCH3 is 1. The first-order valence-electron chi connectivity index (χ1n) is 9.50. The van der Waals surface area contributed by atoms with E-state index in [9.17, 15) is 9.18 Å². The van der Waals surface area contributed by atoms with Crippen molar-refractivity contribution in [2.24, 2.45) is 0 Å². The second-order valence-electron chi connectivity index (χ2n) is 7.13. The van der Waals surface area contributed by atoms with E-state index in [2.05, 4.69) is 9.97 Å². The Morgan fingerprint density at radius 2 is 1.87 bits per heavy atom. The van der Waals surface area contributed by atoms with Crippen molar-refractivity contribution in [2.75, 3.05) is 12.8 Å². The molecule has 1 aliphatic rings. The molecule has 0 unspecified atom stereocenters. The highest BCUT2D eigenvalue weighted by atomic mass is 35.5. The summed E-state index contributed by atoms with van der Waals surface area (Å²) in [5, 5.41) is -0.0859. The minimum atomic E-state index is -0.798. The Labute approximate surface area is 188 Å². The van der Waals surface area contributed by atoms with Crippen molar-refractivity contribution in [1.29, 1.82) is 0 Å². The van der Waals surface area contributed by atoms with E-state index >= 15 is 0 Å². The first kappa shape index (κ1) is 21.3. The number of hydrogen-bond acceptors (Lipinski definition) is 6. The standard InChI is InChI=1S/C22H18Cl2FN3O3/c1-30-19-15(23)9-8-14(17(19)25)21-27-18(16(24)20(26)28-21)22(29)31-10-11-2-4-12(5-3-11)13-6-7-13/h2-5,8-9,13H,6-7,10H2,1H3,(H2,26,27,28). The van der Waals surface area contributed by atoms with Crippen molar-refractivity contribution in [1.82, 2.24) is 9.97 Å². The van der Waals surface area contributed by atoms with Gasteiger partial charge in [-0.25, -0.2) is 19.2 Å². The summed E-state index contributed by atoms with van der Waals surface area (Å²) in [6.45, 7) is 0.0302. The third-order valence-electron chi connectivity index (χ3n) is 4.96. The molecule has 2 N–H and O–H groups in total. The number of esters is 1. The molecule has 1 aromatic heterocycles. The monoisotopic (exact) mass is 461 g/mol. The maximum absolute atomic E-state index is 14.8. The lowest BCUT2D eigenvalue weighted by molar-refractivity contribution is 0.0466. The van der Waals surface area contributed by atoms with Crippen LogP contribution >= 0.6 is 23.2 Å². The van der Waals surface area contributed by atoms with Crippen LogP contribution in [0.5, 0.6) is 5.75 Å². The molecule has 1 heterocycles. The van der Waals surface area contributed by atoms with Gasteiger partial charge in [0.05, 0.1) is 17.7 Å². The summed E-state index contributed by atoms with van der Waals surface area (Å²) in [5.41, 5.74) is 7.64. The van der Waals surface area contributed by atoms with E-state index in [1.54, 1.807) is 0 Å². The Hall–Kier alpha value is -2.90. The molecule has 0 amide bonds. The number of halogens is 3. The fraction of sp³-hybridized carbons (Fsp3) is 0.227. The van der Waals surface area contributed by atoms with Crippen molar-refractivity contribution >= 4 is 35.0 Å². The van der Waals surface area contributed by atoms with Gasteiger partial charge in [0.2, 0.25) is 0 Å². The van der Waals surface area contributed by atoms with Crippen LogP contribution in [0.1, 0.15) is 40.4 Å². The largest absolute Gasteiger partial charge is 0.492 e. The van der Waals surface area contributed by atoms with E-state index in [0.717, 1.165) is 5.56 Å². The zero-order chi connectivity index (χ0) is 22.1. The lowest BCUT2D eigenvalue weighted by Crippen LogP contribution is -2.12. The number of benzene rings is 2. The molecule has 4 rings (SSSR count). The van der Waals surface area contributed by atoms with Crippen molar-refractivity contribution < 1.29 is 18.7 Å². The molecule has 1 fully saturated rings. The highest BCUT2D eigenvalue weighted by Gasteiger charge is 2.24. The predicted molar refractivity (Wildman–Crippen MR) is 116 cm³/mol. The first-order chi connectivity index (χ1) is 14.9. The van der Waals surface area contributed by atoms with Crippen molar-refractivity contribution in [3.8, 4) is 17.1 Å². The molecule has 31 heavy (non-hydrogen) atoms. The molecule has 9 heteroatoms. The maximum Gasteiger partial charge on any atom is 0.359 e. The summed E-state index contributed by atoms with van der Waals surface area (Å²) in [4.78, 5) is 20.7. The smallest absolute Gasteiger partial charge is 0.359 e. The van der Waals surface area contributed by atoms with Gasteiger partial charge in [0.25, 0.3) is 0 Å². The Bertz CT molecular complexity index is 1150. The van der Waals surface area contributed by atoms with E-state index < -0.39 is 11.8 Å². The van der Waals surface area contributed by atoms with Gasteiger partial charge in [0.1, 0.15) is 17.4 Å². The molecular weight excluding hydrogens is 444 g/mol. The summed E-state index contributed by atoms with van der Waals surface area (Å²) >= 11 is 12.1. The van der Waals surface area contributed by atoms with Crippen LogP contribution in [-0.2, 0) is 11.3 Å². The number of nitrogen functional groups attached to an aromatic ring is 1. The van der Waals surface area contributed by atoms with Gasteiger partial charge in [0.15, 0.2) is 23.1 Å². The molecule has 0 spiro atoms. The Morgan fingerprint density at radius 1 is 1.16 bits per heavy atom. The average Bonchev–Trinajstić information content (AvgIpc) is 3.60. The van der Waals surface area contributed by atoms with Gasteiger partial charge in [-0.2, -0.15) is 0 Å². The van der Waals surface area contributed by atoms with Gasteiger partial charge in [-0.1, -0.05) is 47.5 Å². The van der Waals surface area contributed by atoms with Crippen molar-refractivity contribution in [3.63, 3.8) is 0 Å². The molecule has 0 saturated heterocycles. The fourth-order valence-corrected chi connectivity index (χ4v) is 3.52. The van der Waals surface area contributed by atoms with E-state index in [0.29, 0.717) is 5.92 Å². The summed E-state index contributed by atoms with van der Waals surface area (Å²) in [6.07, 6.45) is 2.43. The Balaban J connectivity index is 1.58. The minimum Gasteiger partial charge on any atom is -0.492 e. The number of aromatic nitrogens is 2. The summed E-state index contributed by atoms with van der Waals surface area (Å²) in [7, 11) is 1.28. The number of nitrogens with zero attached hydrogens (tertiary/aromatic N) is 2. The highest BCUT2D eigenvalue weighted by Crippen LogP contribution is 2.40. The molecule has 160 valence electrons. The van der Waals surface area contributed by atoms with Gasteiger partial charge in [0, 0.05) is 0 Å². The predicted octanol–water partition coefficient (Wildman–Crippen LogP) is 5.41. The molecule has 6 nitrogen and oxygen atoms in total. The number of nitrogens with two attached hydrogens (primary N) is 1. The Morgan fingerprint density at radius 3 is 2.52 bits per heavy atom. The van der Waals surface area contributed by atoms with E-state index in [-0.39, 0.29) is 45.3 Å². The van der Waals surface area contributed by atoms with Gasteiger partial charge in [-0.05, 0) is 42.0 Å². The SMILES string of the molecule is COc1c(Cl)ccc(-c2nc(N)c(Cl)c(C(=O)OCc3ccc(C4CC4)cc3)n2)c1F. The molecular formula is C22H18Cl2FN3O3. The lowest BCUT2D eigenvalue weighted by atomic mass is 10.1. The van der Waals surface area contributed by atoms with Crippen molar-refractivity contribution in [2.45, 2.75) is 25.4 Å². The van der Waals surface area contributed by atoms with Crippen LogP contribution in [0, 0.1) is 5.82 Å². The number of carbonyl (C=O) groups is 1. The van der Waals surface area contributed by atoms with E-state index in [1.807, 2.05) is 24.3 Å². The molecule has 3 aromatic rings. The van der Waals surface area contributed by atoms with Crippen LogP contribution in [0.15, 0.2) is 36.4 Å². The zero-order valence-electron chi connectivity index (χ0n) is 16.5. The van der Waals surface area contributed by atoms with Crippen molar-refractivity contribution in [3.05, 3.63) is 69.1 Å². The summed E-state index contributed by atoms with van der Waals surface area (Å²) in [5.74, 6) is -1.43. The zero-order valence-corrected chi connectivity index (χ0v) is 18.0. The lowest BCUT2D eigenvalue weighted by Gasteiger charge is -2.11. The highest BCUT2D eigenvalue weighted by molar-refractivity contribution is 6.35. The van der Waals surface area contributed by atoms with Gasteiger partial charge < -0.3 is 15.2 Å². The van der Waals surface area contributed by atoms with Crippen LogP contribution in [0.4, 0.5) is 10.2 Å². The maximum atomic E-state index is 14.8. The molecule has 1 saturated carbocycles. The quantitative estimate of drug-likeness (QED) is 0.493. The number of ether oxygens (including phenoxy) is 2. The van der Waals surface area contributed by atoms with Crippen LogP contribution in [0.2, 0.25) is 10.0 Å². The molecule has 1 aliphatic carbocycles. The van der Waals surface area contributed by atoms with Crippen LogP contribution in [0.25, 0.3) is 11.4 Å². The van der Waals surface area contributed by atoms with Gasteiger partial charge in [-0.15, -0.1) is 0 Å². The second-order valence-corrected chi connectivity index (χ2v) is 7.91. The normalized spacial score (nSPS) is 13.2. The van der Waals surface area contributed by atoms with E-state index in [4.69, 9.17) is 38.4 Å². The van der Waals surface area contributed by atoms with Crippen LogP contribution in [0.3, 0.4) is 0 Å². The molecule has 0 aliphatic heterocycles. The number of rotatable bonds is 6. The molecule has 2 aromatic carbocycles. The second kappa shape index (κ2) is 8.69. The van der Waals surface area contributed by atoms with Crippen LogP contribution in [-0.4, -0.2) is 23.0 Å². The topological polar surface area (TPSA) is 87.3 Å². The average molecular weight is 462 g/mol. The number of anilines is 1. The Kier molecular flexibility index (Phi) is 5.98.